The van der Waals surface area contributed by atoms with Crippen molar-refractivity contribution in [2.75, 3.05) is 23.7 Å². The van der Waals surface area contributed by atoms with Gasteiger partial charge in [0.2, 0.25) is 0 Å². The Bertz CT molecular complexity index is 521. The highest BCUT2D eigenvalue weighted by Crippen LogP contribution is 2.37. The van der Waals surface area contributed by atoms with Crippen molar-refractivity contribution in [3.05, 3.63) is 17.7 Å². The van der Waals surface area contributed by atoms with E-state index in [4.69, 9.17) is 15.7 Å². The van der Waals surface area contributed by atoms with Crippen molar-refractivity contribution < 1.29 is 4.74 Å². The Morgan fingerprint density at radius 1 is 1.42 bits per heavy atom. The number of rotatable bonds is 2. The Balaban J connectivity index is 1.80. The summed E-state index contributed by atoms with van der Waals surface area (Å²) >= 11 is 0. The van der Waals surface area contributed by atoms with Crippen LogP contribution in [-0.2, 0) is 4.74 Å². The van der Waals surface area contributed by atoms with E-state index in [2.05, 4.69) is 16.8 Å². The van der Waals surface area contributed by atoms with E-state index < -0.39 is 0 Å². The number of anilines is 2. The van der Waals surface area contributed by atoms with Gasteiger partial charge in [0.05, 0.1) is 17.8 Å². The molecule has 1 aromatic rings. The predicted octanol–water partition coefficient (Wildman–Crippen LogP) is 1.54. The topological polar surface area (TPSA) is 75.2 Å². The van der Waals surface area contributed by atoms with Gasteiger partial charge in [-0.3, -0.25) is 0 Å². The summed E-state index contributed by atoms with van der Waals surface area (Å²) < 4.78 is 5.98. The van der Waals surface area contributed by atoms with Gasteiger partial charge in [0, 0.05) is 13.1 Å². The number of hydrogen-bond donors (Lipinski definition) is 1. The molecule has 0 bridgehead atoms. The molecule has 0 aromatic carbocycles. The van der Waals surface area contributed by atoms with Crippen LogP contribution in [0.3, 0.4) is 0 Å². The standard InChI is InChI=1S/C14H18N4O/c1-9-7-18(8-12(19-9)10-2-3-10)13-5-4-11(6-15)14(16)17-13/h4-5,9-10,12H,2-3,7-8H2,1H3,(H2,16,17)/t9-,12-/m0/s1. The Morgan fingerprint density at radius 3 is 2.84 bits per heavy atom. The molecule has 1 saturated carbocycles. The maximum Gasteiger partial charge on any atom is 0.143 e. The number of hydrogen-bond acceptors (Lipinski definition) is 5. The van der Waals surface area contributed by atoms with Gasteiger partial charge in [-0.1, -0.05) is 0 Å². The third kappa shape index (κ3) is 2.49. The molecule has 100 valence electrons. The minimum Gasteiger partial charge on any atom is -0.383 e. The molecule has 0 radical (unpaired) electrons. The molecule has 2 N–H and O–H groups in total. The van der Waals surface area contributed by atoms with E-state index in [0.717, 1.165) is 18.9 Å². The van der Waals surface area contributed by atoms with Gasteiger partial charge in [0.25, 0.3) is 0 Å². The van der Waals surface area contributed by atoms with E-state index in [0.29, 0.717) is 23.4 Å². The van der Waals surface area contributed by atoms with Gasteiger partial charge in [0.1, 0.15) is 17.7 Å². The average molecular weight is 258 g/mol. The molecule has 3 rings (SSSR count). The molecule has 1 aliphatic heterocycles. The highest BCUT2D eigenvalue weighted by molar-refractivity contribution is 5.55. The SMILES string of the molecule is C[C@H]1CN(c2ccc(C#N)c(N)n2)C[C@@H](C2CC2)O1. The lowest BCUT2D eigenvalue weighted by Gasteiger charge is -2.37. The van der Waals surface area contributed by atoms with Crippen LogP contribution < -0.4 is 10.6 Å². The van der Waals surface area contributed by atoms with E-state index in [9.17, 15) is 0 Å². The van der Waals surface area contributed by atoms with E-state index >= 15 is 0 Å². The Hall–Kier alpha value is -1.80. The molecule has 0 spiro atoms. The minimum atomic E-state index is 0.206. The summed E-state index contributed by atoms with van der Waals surface area (Å²) in [5.41, 5.74) is 6.22. The van der Waals surface area contributed by atoms with Crippen molar-refractivity contribution in [2.45, 2.75) is 32.0 Å². The van der Waals surface area contributed by atoms with E-state index in [1.807, 2.05) is 12.1 Å². The number of aromatic nitrogens is 1. The fourth-order valence-corrected chi connectivity index (χ4v) is 2.64. The van der Waals surface area contributed by atoms with Gasteiger partial charge in [-0.15, -0.1) is 0 Å². The number of nitrogens with zero attached hydrogens (tertiary/aromatic N) is 3. The van der Waals surface area contributed by atoms with Crippen LogP contribution >= 0.6 is 0 Å². The summed E-state index contributed by atoms with van der Waals surface area (Å²) in [6, 6.07) is 5.65. The molecule has 2 aliphatic rings. The third-order valence-electron chi connectivity index (χ3n) is 3.79. The van der Waals surface area contributed by atoms with Gasteiger partial charge < -0.3 is 15.4 Å². The number of ether oxygens (including phenoxy) is 1. The monoisotopic (exact) mass is 258 g/mol. The molecule has 2 fully saturated rings. The molecule has 1 aromatic heterocycles. The van der Waals surface area contributed by atoms with Crippen LogP contribution in [0, 0.1) is 17.2 Å². The van der Waals surface area contributed by atoms with Crippen LogP contribution in [0.1, 0.15) is 25.3 Å². The fourth-order valence-electron chi connectivity index (χ4n) is 2.64. The minimum absolute atomic E-state index is 0.206. The highest BCUT2D eigenvalue weighted by Gasteiger charge is 2.37. The van der Waals surface area contributed by atoms with Gasteiger partial charge in [-0.2, -0.15) is 5.26 Å². The summed E-state index contributed by atoms with van der Waals surface area (Å²) in [4.78, 5) is 6.56. The average Bonchev–Trinajstić information content (AvgIpc) is 3.22. The number of morpholine rings is 1. The fraction of sp³-hybridized carbons (Fsp3) is 0.571. The van der Waals surface area contributed by atoms with Crippen LogP contribution in [0.25, 0.3) is 0 Å². The molecule has 2 heterocycles. The van der Waals surface area contributed by atoms with Crippen molar-refractivity contribution in [3.63, 3.8) is 0 Å². The van der Waals surface area contributed by atoms with Crippen LogP contribution in [0.5, 0.6) is 0 Å². The first-order chi connectivity index (χ1) is 9.17. The van der Waals surface area contributed by atoms with Crippen LogP contribution in [0.4, 0.5) is 11.6 Å². The Kier molecular flexibility index (Phi) is 3.03. The zero-order valence-electron chi connectivity index (χ0n) is 11.0. The molecule has 0 amide bonds. The smallest absolute Gasteiger partial charge is 0.143 e. The second-order valence-corrected chi connectivity index (χ2v) is 5.44. The summed E-state index contributed by atoms with van der Waals surface area (Å²) in [6.45, 7) is 3.78. The summed E-state index contributed by atoms with van der Waals surface area (Å²) in [6.07, 6.45) is 3.06. The predicted molar refractivity (Wildman–Crippen MR) is 72.6 cm³/mol. The van der Waals surface area contributed by atoms with E-state index in [1.54, 1.807) is 6.07 Å². The maximum atomic E-state index is 8.88. The van der Waals surface area contributed by atoms with Gasteiger partial charge in [-0.25, -0.2) is 4.98 Å². The molecular formula is C14H18N4O. The van der Waals surface area contributed by atoms with Crippen molar-refractivity contribution in [2.24, 2.45) is 5.92 Å². The Morgan fingerprint density at radius 2 is 2.21 bits per heavy atom. The van der Waals surface area contributed by atoms with Gasteiger partial charge in [-0.05, 0) is 37.8 Å². The van der Waals surface area contributed by atoms with Crippen LogP contribution in [-0.4, -0.2) is 30.3 Å². The summed E-state index contributed by atoms with van der Waals surface area (Å²) in [5.74, 6) is 1.86. The highest BCUT2D eigenvalue weighted by atomic mass is 16.5. The van der Waals surface area contributed by atoms with Crippen LogP contribution in [0.15, 0.2) is 12.1 Å². The van der Waals surface area contributed by atoms with Crippen molar-refractivity contribution in [3.8, 4) is 6.07 Å². The molecule has 19 heavy (non-hydrogen) atoms. The molecule has 0 unspecified atom stereocenters. The number of pyridine rings is 1. The summed E-state index contributed by atoms with van der Waals surface area (Å²) in [7, 11) is 0. The zero-order valence-corrected chi connectivity index (χ0v) is 11.0. The molecule has 1 aliphatic carbocycles. The first kappa shape index (κ1) is 12.2. The zero-order chi connectivity index (χ0) is 13.4. The molecule has 5 nitrogen and oxygen atoms in total. The number of nitrogen functional groups attached to an aromatic ring is 1. The quantitative estimate of drug-likeness (QED) is 0.870. The molecule has 1 saturated heterocycles. The van der Waals surface area contributed by atoms with Crippen molar-refractivity contribution in [1.82, 2.24) is 4.98 Å². The van der Waals surface area contributed by atoms with E-state index in [1.165, 1.54) is 12.8 Å². The van der Waals surface area contributed by atoms with Crippen molar-refractivity contribution in [1.29, 1.82) is 5.26 Å². The number of nitriles is 1. The largest absolute Gasteiger partial charge is 0.383 e. The second kappa shape index (κ2) is 4.71. The second-order valence-electron chi connectivity index (χ2n) is 5.44. The lowest BCUT2D eigenvalue weighted by molar-refractivity contribution is -0.0273. The van der Waals surface area contributed by atoms with Crippen LogP contribution in [0.2, 0.25) is 0 Å². The number of nitrogens with two attached hydrogens (primary N) is 1. The molecule has 2 atom stereocenters. The molecule has 5 heteroatoms. The van der Waals surface area contributed by atoms with E-state index in [-0.39, 0.29) is 6.10 Å². The Labute approximate surface area is 113 Å². The first-order valence-corrected chi connectivity index (χ1v) is 6.74. The summed E-state index contributed by atoms with van der Waals surface area (Å²) in [5, 5.41) is 8.88. The lowest BCUT2D eigenvalue weighted by Crippen LogP contribution is -2.47. The lowest BCUT2D eigenvalue weighted by atomic mass is 10.1. The van der Waals surface area contributed by atoms with Gasteiger partial charge >= 0.3 is 0 Å². The normalized spacial score (nSPS) is 27.1. The van der Waals surface area contributed by atoms with Crippen molar-refractivity contribution >= 4 is 11.6 Å². The molecular weight excluding hydrogens is 240 g/mol. The first-order valence-electron chi connectivity index (χ1n) is 6.74. The maximum absolute atomic E-state index is 8.88. The third-order valence-corrected chi connectivity index (χ3v) is 3.79. The van der Waals surface area contributed by atoms with Gasteiger partial charge in [0.15, 0.2) is 0 Å².